The Morgan fingerprint density at radius 3 is 2.74 bits per heavy atom. The Morgan fingerprint density at radius 2 is 2.00 bits per heavy atom. The Hall–Kier alpha value is -2.83. The van der Waals surface area contributed by atoms with Crippen molar-refractivity contribution in [3.05, 3.63) is 64.7 Å². The number of halogens is 4. The molecule has 0 radical (unpaired) electrons. The maximum atomic E-state index is 14.9. The van der Waals surface area contributed by atoms with Crippen molar-refractivity contribution in [2.75, 3.05) is 26.3 Å². The van der Waals surface area contributed by atoms with Gasteiger partial charge in [-0.05, 0) is 48.3 Å². The van der Waals surface area contributed by atoms with Gasteiger partial charge in [0.2, 0.25) is 6.23 Å². The summed E-state index contributed by atoms with van der Waals surface area (Å²) < 4.78 is 66.4. The lowest BCUT2D eigenvalue weighted by Gasteiger charge is -2.36. The number of rotatable bonds is 6. The monoisotopic (exact) mass is 496 g/mol. The molecule has 3 heterocycles. The second-order valence-electron chi connectivity index (χ2n) is 8.01. The zero-order valence-corrected chi connectivity index (χ0v) is 18.5. The molecule has 5 rings (SSSR count). The number of carbonyl (C=O) groups excluding carboxylic acids is 1. The van der Waals surface area contributed by atoms with Crippen LogP contribution in [0.1, 0.15) is 27.7 Å². The molecule has 1 amide bonds. The molecule has 1 N–H and O–H groups in total. The number of hydrogen-bond donors (Lipinski definition) is 1. The summed E-state index contributed by atoms with van der Waals surface area (Å²) in [5.74, 6) is -2.08. The van der Waals surface area contributed by atoms with Gasteiger partial charge in [-0.15, -0.1) is 5.10 Å². The minimum atomic E-state index is -2.90. The van der Waals surface area contributed by atoms with Gasteiger partial charge in [-0.3, -0.25) is 10.2 Å². The van der Waals surface area contributed by atoms with Crippen LogP contribution in [0.15, 0.2) is 46.4 Å². The van der Waals surface area contributed by atoms with Crippen molar-refractivity contribution in [1.82, 2.24) is 14.6 Å². The number of fused-ring (bicyclic) bond motifs is 1. The molecule has 2 aromatic carbocycles. The van der Waals surface area contributed by atoms with E-state index in [2.05, 4.69) is 14.8 Å². The molecule has 2 atom stereocenters. The average Bonchev–Trinajstić information content (AvgIpc) is 3.43. The van der Waals surface area contributed by atoms with Crippen molar-refractivity contribution in [2.24, 2.45) is 5.10 Å². The minimum absolute atomic E-state index is 0.0869. The molecule has 3 aliphatic rings. The molecule has 0 bridgehead atoms. The van der Waals surface area contributed by atoms with Crippen LogP contribution in [0.3, 0.4) is 0 Å². The third-order valence-electron chi connectivity index (χ3n) is 5.75. The van der Waals surface area contributed by atoms with E-state index >= 15 is 0 Å². The lowest BCUT2D eigenvalue weighted by Crippen LogP contribution is -2.48. The van der Waals surface area contributed by atoms with Gasteiger partial charge in [-0.2, -0.15) is 8.78 Å². The molecule has 1 fully saturated rings. The summed E-state index contributed by atoms with van der Waals surface area (Å²) >= 11 is 1.45. The van der Waals surface area contributed by atoms with E-state index < -0.39 is 24.4 Å². The fourth-order valence-electron chi connectivity index (χ4n) is 4.07. The molecule has 2 aromatic rings. The van der Waals surface area contributed by atoms with E-state index in [1.165, 1.54) is 30.1 Å². The first kappa shape index (κ1) is 22.9. The van der Waals surface area contributed by atoms with Gasteiger partial charge in [-0.25, -0.2) is 13.1 Å². The summed E-state index contributed by atoms with van der Waals surface area (Å²) in [6.07, 6.45) is -4.00. The van der Waals surface area contributed by atoms with Crippen molar-refractivity contribution in [3.63, 3.8) is 0 Å². The van der Waals surface area contributed by atoms with Gasteiger partial charge in [0, 0.05) is 41.2 Å². The molecule has 0 aliphatic carbocycles. The predicted molar refractivity (Wildman–Crippen MR) is 115 cm³/mol. The van der Waals surface area contributed by atoms with E-state index in [1.807, 2.05) is 0 Å². The number of amides is 1. The molecule has 0 saturated carbocycles. The molecule has 3 aliphatic heterocycles. The third kappa shape index (κ3) is 4.57. The number of hydrazone groups is 1. The SMILES string of the molecule is O=C1c2cc(C3NN=C(C(F)F)O3)cc(F)c2CN1CC1COCCN1Sc1ccc(F)cc1. The van der Waals surface area contributed by atoms with Crippen LogP contribution in [0.25, 0.3) is 0 Å². The Kier molecular flexibility index (Phi) is 6.36. The lowest BCUT2D eigenvalue weighted by molar-refractivity contribution is 0.0225. The fourth-order valence-corrected chi connectivity index (χ4v) is 5.04. The van der Waals surface area contributed by atoms with Crippen molar-refractivity contribution in [1.29, 1.82) is 0 Å². The van der Waals surface area contributed by atoms with E-state index in [4.69, 9.17) is 9.47 Å². The molecule has 7 nitrogen and oxygen atoms in total. The summed E-state index contributed by atoms with van der Waals surface area (Å²) in [4.78, 5) is 15.5. The van der Waals surface area contributed by atoms with Crippen molar-refractivity contribution in [2.45, 2.75) is 30.1 Å². The molecule has 1 saturated heterocycles. The van der Waals surface area contributed by atoms with Crippen LogP contribution in [-0.2, 0) is 16.0 Å². The summed E-state index contributed by atoms with van der Waals surface area (Å²) in [6.45, 7) is 1.90. The zero-order chi connectivity index (χ0) is 23.8. The second-order valence-corrected chi connectivity index (χ2v) is 9.13. The Morgan fingerprint density at radius 1 is 1.21 bits per heavy atom. The smallest absolute Gasteiger partial charge is 0.314 e. The fraction of sp³-hybridized carbons (Fsp3) is 0.364. The van der Waals surface area contributed by atoms with Crippen molar-refractivity contribution >= 4 is 23.8 Å². The van der Waals surface area contributed by atoms with E-state index in [0.717, 1.165) is 11.0 Å². The summed E-state index contributed by atoms with van der Waals surface area (Å²) in [5, 5.41) is 3.41. The van der Waals surface area contributed by atoms with Gasteiger partial charge in [0.1, 0.15) is 11.6 Å². The highest BCUT2D eigenvalue weighted by Crippen LogP contribution is 2.33. The molecule has 2 unspecified atom stereocenters. The molecule has 12 heteroatoms. The van der Waals surface area contributed by atoms with Crippen LogP contribution in [0.5, 0.6) is 0 Å². The predicted octanol–water partition coefficient (Wildman–Crippen LogP) is 3.53. The number of ether oxygens (including phenoxy) is 2. The van der Waals surface area contributed by atoms with Gasteiger partial charge < -0.3 is 14.4 Å². The first-order valence-electron chi connectivity index (χ1n) is 10.6. The van der Waals surface area contributed by atoms with Crippen LogP contribution >= 0.6 is 11.9 Å². The van der Waals surface area contributed by atoms with Gasteiger partial charge in [0.05, 0.1) is 19.3 Å². The Balaban J connectivity index is 1.29. The van der Waals surface area contributed by atoms with Crippen LogP contribution in [0, 0.1) is 11.6 Å². The Bertz CT molecular complexity index is 1120. The molecular weight excluding hydrogens is 476 g/mol. The van der Waals surface area contributed by atoms with E-state index in [1.54, 1.807) is 17.0 Å². The minimum Gasteiger partial charge on any atom is -0.446 e. The topological polar surface area (TPSA) is 66.4 Å². The van der Waals surface area contributed by atoms with Gasteiger partial charge in [-0.1, -0.05) is 0 Å². The van der Waals surface area contributed by atoms with Crippen molar-refractivity contribution in [3.8, 4) is 0 Å². The van der Waals surface area contributed by atoms with Crippen LogP contribution < -0.4 is 5.43 Å². The highest BCUT2D eigenvalue weighted by molar-refractivity contribution is 7.97. The first-order valence-corrected chi connectivity index (χ1v) is 11.3. The standard InChI is InChI=1S/C22H20F4N4O3S/c23-13-1-3-15(4-2-13)34-30-5-6-32-11-14(30)9-29-10-17-16(22(29)31)7-12(8-18(17)24)20-27-28-21(33-20)19(25)26/h1-4,7-8,14,19-20,27H,5-6,9-11H2. The quantitative estimate of drug-likeness (QED) is 0.488. The van der Waals surface area contributed by atoms with Crippen LogP contribution in [0.4, 0.5) is 17.6 Å². The van der Waals surface area contributed by atoms with E-state index in [-0.39, 0.29) is 41.0 Å². The Labute approximate surface area is 196 Å². The van der Waals surface area contributed by atoms with Gasteiger partial charge in [0.15, 0.2) is 0 Å². The number of nitrogens with one attached hydrogen (secondary N) is 1. The first-order chi connectivity index (χ1) is 16.4. The highest BCUT2D eigenvalue weighted by Gasteiger charge is 2.36. The zero-order valence-electron chi connectivity index (χ0n) is 17.7. The summed E-state index contributed by atoms with van der Waals surface area (Å²) in [6, 6.07) is 8.59. The molecule has 34 heavy (non-hydrogen) atoms. The van der Waals surface area contributed by atoms with Gasteiger partial charge in [0.25, 0.3) is 11.8 Å². The van der Waals surface area contributed by atoms with E-state index in [9.17, 15) is 22.4 Å². The molecular formula is C22H20F4N4O3S. The number of nitrogens with zero attached hydrogens (tertiary/aromatic N) is 3. The molecule has 0 aromatic heterocycles. The van der Waals surface area contributed by atoms with E-state index in [0.29, 0.717) is 26.3 Å². The van der Waals surface area contributed by atoms with Gasteiger partial charge >= 0.3 is 6.43 Å². The van der Waals surface area contributed by atoms with Crippen molar-refractivity contribution < 1.29 is 31.8 Å². The lowest BCUT2D eigenvalue weighted by atomic mass is 10.0. The third-order valence-corrected chi connectivity index (χ3v) is 6.94. The number of morpholine rings is 1. The normalized spacial score (nSPS) is 22.6. The molecule has 0 spiro atoms. The maximum absolute atomic E-state index is 14.9. The number of carbonyl (C=O) groups is 1. The summed E-state index contributed by atoms with van der Waals surface area (Å²) in [5.41, 5.74) is 3.00. The second kappa shape index (κ2) is 9.43. The van der Waals surface area contributed by atoms with Crippen LogP contribution in [-0.4, -0.2) is 59.8 Å². The number of benzene rings is 2. The average molecular weight is 496 g/mol. The number of alkyl halides is 2. The van der Waals surface area contributed by atoms with Crippen LogP contribution in [0.2, 0.25) is 0 Å². The molecule has 180 valence electrons. The highest BCUT2D eigenvalue weighted by atomic mass is 32.2. The number of hydrogen-bond acceptors (Lipinski definition) is 7. The largest absolute Gasteiger partial charge is 0.446 e. The summed E-state index contributed by atoms with van der Waals surface area (Å²) in [7, 11) is 0. The maximum Gasteiger partial charge on any atom is 0.314 e.